The number of nitrogens with zero attached hydrogens (tertiary/aromatic N) is 2. The van der Waals surface area contributed by atoms with E-state index in [0.29, 0.717) is 25.2 Å². The molecule has 0 radical (unpaired) electrons. The van der Waals surface area contributed by atoms with E-state index in [1.165, 1.54) is 0 Å². The Morgan fingerprint density at radius 1 is 1.28 bits per heavy atom. The molecule has 1 N–H and O–H groups in total. The molecule has 0 unspecified atom stereocenters. The fraction of sp³-hybridized carbons (Fsp3) is 0.650. The number of amides is 1. The first kappa shape index (κ1) is 19.7. The number of benzene rings is 1. The van der Waals surface area contributed by atoms with Crippen LogP contribution in [0.5, 0.6) is 0 Å². The highest BCUT2D eigenvalue weighted by atomic mass is 16.5. The number of methoxy groups -OCH3 is 1. The van der Waals surface area contributed by atoms with E-state index >= 15 is 0 Å². The van der Waals surface area contributed by atoms with Crippen LogP contribution in [0.1, 0.15) is 38.7 Å². The molecule has 1 amide bonds. The molecule has 1 saturated carbocycles. The van der Waals surface area contributed by atoms with Gasteiger partial charge in [0, 0.05) is 37.7 Å². The fourth-order valence-electron chi connectivity index (χ4n) is 3.93. The minimum Gasteiger partial charge on any atom is -0.465 e. The number of carboxylic acid groups (broad SMARTS) is 1. The molecule has 0 spiro atoms. The highest BCUT2D eigenvalue weighted by Crippen LogP contribution is 2.33. The second kappa shape index (κ2) is 9.20. The van der Waals surface area contributed by atoms with Crippen molar-refractivity contribution < 1.29 is 14.6 Å². The molecule has 0 heterocycles. The van der Waals surface area contributed by atoms with E-state index in [1.807, 2.05) is 30.3 Å². The van der Waals surface area contributed by atoms with Crippen LogP contribution in [0.15, 0.2) is 30.3 Å². The van der Waals surface area contributed by atoms with Crippen LogP contribution in [-0.2, 0) is 11.3 Å². The highest BCUT2D eigenvalue weighted by molar-refractivity contribution is 5.65. The summed E-state index contributed by atoms with van der Waals surface area (Å²) < 4.78 is 5.44. The van der Waals surface area contributed by atoms with E-state index in [2.05, 4.69) is 25.8 Å². The maximum absolute atomic E-state index is 12.0. The number of hydrogen-bond donors (Lipinski definition) is 1. The molecule has 0 aromatic heterocycles. The van der Waals surface area contributed by atoms with Crippen LogP contribution in [0, 0.1) is 5.92 Å². The summed E-state index contributed by atoms with van der Waals surface area (Å²) in [5.41, 5.74) is 1.03. The first-order valence-corrected chi connectivity index (χ1v) is 9.18. The van der Waals surface area contributed by atoms with Crippen molar-refractivity contribution in [2.45, 2.75) is 57.8 Å². The maximum atomic E-state index is 12.0. The summed E-state index contributed by atoms with van der Waals surface area (Å²) >= 11 is 0. The lowest BCUT2D eigenvalue weighted by Crippen LogP contribution is -2.51. The Bertz CT molecular complexity index is 535. The summed E-state index contributed by atoms with van der Waals surface area (Å²) in [7, 11) is 3.87. The van der Waals surface area contributed by atoms with Crippen LogP contribution in [0.3, 0.4) is 0 Å². The van der Waals surface area contributed by atoms with Crippen LogP contribution in [0.4, 0.5) is 4.79 Å². The first-order valence-electron chi connectivity index (χ1n) is 9.18. The standard InChI is InChI=1S/C20H32N2O3/c1-15(2)21(3)18-10-11-19(17(12-18)14-25-4)22(20(23)24)13-16-8-6-5-7-9-16/h5-9,15,17-19H,10-14H2,1-4H3,(H,23,24)/t17-,18+,19-/m0/s1. The lowest BCUT2D eigenvalue weighted by molar-refractivity contribution is 0.0133. The number of carbonyl (C=O) groups is 1. The molecule has 1 aliphatic carbocycles. The average Bonchev–Trinajstić information content (AvgIpc) is 2.60. The maximum Gasteiger partial charge on any atom is 0.407 e. The molecule has 25 heavy (non-hydrogen) atoms. The van der Waals surface area contributed by atoms with Crippen molar-refractivity contribution in [2.24, 2.45) is 5.92 Å². The normalized spacial score (nSPS) is 23.8. The van der Waals surface area contributed by atoms with E-state index in [9.17, 15) is 9.90 Å². The van der Waals surface area contributed by atoms with Crippen molar-refractivity contribution in [1.82, 2.24) is 9.80 Å². The van der Waals surface area contributed by atoms with Crippen LogP contribution in [0.2, 0.25) is 0 Å². The Balaban J connectivity index is 2.14. The Hall–Kier alpha value is -1.59. The van der Waals surface area contributed by atoms with Crippen molar-refractivity contribution in [2.75, 3.05) is 20.8 Å². The van der Waals surface area contributed by atoms with Gasteiger partial charge in [-0.2, -0.15) is 0 Å². The predicted octanol–water partition coefficient (Wildman–Crippen LogP) is 3.69. The molecule has 5 heteroatoms. The number of ether oxygens (including phenoxy) is 1. The van der Waals surface area contributed by atoms with Crippen LogP contribution in [-0.4, -0.2) is 59.9 Å². The van der Waals surface area contributed by atoms with Gasteiger partial charge in [-0.3, -0.25) is 0 Å². The molecule has 5 nitrogen and oxygen atoms in total. The number of rotatable bonds is 7. The van der Waals surface area contributed by atoms with Crippen molar-refractivity contribution in [3.05, 3.63) is 35.9 Å². The summed E-state index contributed by atoms with van der Waals surface area (Å²) in [6.45, 7) is 5.45. The van der Waals surface area contributed by atoms with Gasteiger partial charge >= 0.3 is 6.09 Å². The largest absolute Gasteiger partial charge is 0.465 e. The Labute approximate surface area is 151 Å². The van der Waals surface area contributed by atoms with Crippen molar-refractivity contribution in [3.63, 3.8) is 0 Å². The molecule has 1 aromatic carbocycles. The van der Waals surface area contributed by atoms with Crippen LogP contribution < -0.4 is 0 Å². The second-order valence-electron chi connectivity index (χ2n) is 7.40. The molecular formula is C20H32N2O3. The Morgan fingerprint density at radius 3 is 2.52 bits per heavy atom. The number of hydrogen-bond acceptors (Lipinski definition) is 3. The summed E-state index contributed by atoms with van der Waals surface area (Å²) in [6.07, 6.45) is 2.05. The Morgan fingerprint density at radius 2 is 1.96 bits per heavy atom. The zero-order chi connectivity index (χ0) is 18.4. The summed E-state index contributed by atoms with van der Waals surface area (Å²) in [5, 5.41) is 9.81. The zero-order valence-electron chi connectivity index (χ0n) is 15.9. The topological polar surface area (TPSA) is 53.0 Å². The average molecular weight is 348 g/mol. The third kappa shape index (κ3) is 5.19. The van der Waals surface area contributed by atoms with Gasteiger partial charge in [-0.15, -0.1) is 0 Å². The van der Waals surface area contributed by atoms with E-state index in [0.717, 1.165) is 24.8 Å². The van der Waals surface area contributed by atoms with Gasteiger partial charge in [0.15, 0.2) is 0 Å². The van der Waals surface area contributed by atoms with Gasteiger partial charge in [-0.05, 0) is 45.7 Å². The minimum absolute atomic E-state index is 0.00877. The zero-order valence-corrected chi connectivity index (χ0v) is 15.9. The summed E-state index contributed by atoms with van der Waals surface area (Å²) in [4.78, 5) is 16.0. The molecular weight excluding hydrogens is 316 g/mol. The quantitative estimate of drug-likeness (QED) is 0.816. The van der Waals surface area contributed by atoms with E-state index < -0.39 is 6.09 Å². The molecule has 140 valence electrons. The lowest BCUT2D eigenvalue weighted by atomic mass is 9.80. The minimum atomic E-state index is -0.842. The summed E-state index contributed by atoms with van der Waals surface area (Å²) in [6, 6.07) is 10.8. The molecule has 0 saturated heterocycles. The van der Waals surface area contributed by atoms with Gasteiger partial charge in [0.25, 0.3) is 0 Å². The third-order valence-corrected chi connectivity index (χ3v) is 5.53. The molecule has 0 aliphatic heterocycles. The molecule has 0 bridgehead atoms. The van der Waals surface area contributed by atoms with Gasteiger partial charge in [0.2, 0.25) is 0 Å². The smallest absolute Gasteiger partial charge is 0.407 e. The Kier molecular flexibility index (Phi) is 7.26. The molecule has 1 aliphatic rings. The lowest BCUT2D eigenvalue weighted by Gasteiger charge is -2.44. The van der Waals surface area contributed by atoms with E-state index in [-0.39, 0.29) is 12.0 Å². The van der Waals surface area contributed by atoms with Gasteiger partial charge in [-0.1, -0.05) is 30.3 Å². The molecule has 3 atom stereocenters. The van der Waals surface area contributed by atoms with Gasteiger partial charge in [-0.25, -0.2) is 4.79 Å². The van der Waals surface area contributed by atoms with E-state index in [4.69, 9.17) is 4.74 Å². The van der Waals surface area contributed by atoms with Gasteiger partial charge in [0.05, 0.1) is 6.61 Å². The molecule has 1 fully saturated rings. The fourth-order valence-corrected chi connectivity index (χ4v) is 3.93. The SMILES string of the molecule is COC[C@@H]1C[C@H](N(C)C(C)C)CC[C@@H]1N(Cc1ccccc1)C(=O)O. The monoisotopic (exact) mass is 348 g/mol. The van der Waals surface area contributed by atoms with Gasteiger partial charge in [0.1, 0.15) is 0 Å². The van der Waals surface area contributed by atoms with Crippen molar-refractivity contribution in [3.8, 4) is 0 Å². The predicted molar refractivity (Wildman–Crippen MR) is 99.7 cm³/mol. The summed E-state index contributed by atoms with van der Waals surface area (Å²) in [5.74, 6) is 0.227. The van der Waals surface area contributed by atoms with Crippen molar-refractivity contribution in [1.29, 1.82) is 0 Å². The van der Waals surface area contributed by atoms with Crippen LogP contribution >= 0.6 is 0 Å². The van der Waals surface area contributed by atoms with Crippen molar-refractivity contribution >= 4 is 6.09 Å². The first-order chi connectivity index (χ1) is 11.9. The van der Waals surface area contributed by atoms with E-state index in [1.54, 1.807) is 12.0 Å². The van der Waals surface area contributed by atoms with Crippen LogP contribution in [0.25, 0.3) is 0 Å². The molecule has 1 aromatic rings. The molecule has 2 rings (SSSR count). The van der Waals surface area contributed by atoms with Gasteiger partial charge < -0.3 is 19.6 Å². The second-order valence-corrected chi connectivity index (χ2v) is 7.40. The third-order valence-electron chi connectivity index (χ3n) is 5.53. The highest BCUT2D eigenvalue weighted by Gasteiger charge is 2.37.